The first kappa shape index (κ1) is 21.3. The lowest BCUT2D eigenvalue weighted by atomic mass is 10.0. The van der Waals surface area contributed by atoms with Crippen molar-refractivity contribution in [3.05, 3.63) is 59.2 Å². The second-order valence-corrected chi connectivity index (χ2v) is 7.12. The summed E-state index contributed by atoms with van der Waals surface area (Å²) in [5, 5.41) is 26.2. The summed E-state index contributed by atoms with van der Waals surface area (Å²) in [6.07, 6.45) is 6.93. The van der Waals surface area contributed by atoms with Gasteiger partial charge in [0.2, 0.25) is 0 Å². The number of hydrogen-bond donors (Lipinski definition) is 4. The lowest BCUT2D eigenvalue weighted by molar-refractivity contribution is 0.400. The van der Waals surface area contributed by atoms with Crippen molar-refractivity contribution in [3.63, 3.8) is 0 Å². The molecule has 0 aliphatic rings. The van der Waals surface area contributed by atoms with Crippen molar-refractivity contribution in [1.82, 2.24) is 10.6 Å². The lowest BCUT2D eigenvalue weighted by Gasteiger charge is -2.10. The van der Waals surface area contributed by atoms with Gasteiger partial charge in [0.1, 0.15) is 0 Å². The molecule has 0 aliphatic heterocycles. The van der Waals surface area contributed by atoms with Gasteiger partial charge in [0.25, 0.3) is 0 Å². The van der Waals surface area contributed by atoms with Gasteiger partial charge in [-0.3, -0.25) is 0 Å². The van der Waals surface area contributed by atoms with Crippen LogP contribution in [0.3, 0.4) is 0 Å². The molecule has 4 nitrogen and oxygen atoms in total. The monoisotopic (exact) mass is 370 g/mol. The van der Waals surface area contributed by atoms with Crippen LogP contribution < -0.4 is 10.6 Å². The largest absolute Gasteiger partial charge is 0.504 e. The second-order valence-electron chi connectivity index (χ2n) is 7.12. The predicted octanol–water partition coefficient (Wildman–Crippen LogP) is 3.93. The van der Waals surface area contributed by atoms with E-state index < -0.39 is 0 Å². The molecule has 2 aromatic rings. The van der Waals surface area contributed by atoms with E-state index in [4.69, 9.17) is 0 Å². The highest BCUT2D eigenvalue weighted by molar-refractivity contribution is 5.48. The highest BCUT2D eigenvalue weighted by Crippen LogP contribution is 2.30. The third-order valence-electron chi connectivity index (χ3n) is 4.98. The van der Waals surface area contributed by atoms with Crippen LogP contribution in [0.4, 0.5) is 0 Å². The number of rotatable bonds is 13. The van der Waals surface area contributed by atoms with Crippen molar-refractivity contribution in [1.29, 1.82) is 0 Å². The summed E-state index contributed by atoms with van der Waals surface area (Å²) >= 11 is 0. The molecule has 0 saturated carbocycles. The number of aromatic hydroxyl groups is 2. The zero-order valence-electron chi connectivity index (χ0n) is 16.5. The minimum absolute atomic E-state index is 0.00452. The van der Waals surface area contributed by atoms with E-state index in [9.17, 15) is 10.2 Å². The topological polar surface area (TPSA) is 64.5 Å². The van der Waals surface area contributed by atoms with Crippen LogP contribution in [0.25, 0.3) is 0 Å². The van der Waals surface area contributed by atoms with E-state index in [0.717, 1.165) is 50.1 Å². The minimum Gasteiger partial charge on any atom is -0.504 e. The van der Waals surface area contributed by atoms with Crippen LogP contribution in [0.2, 0.25) is 0 Å². The predicted molar refractivity (Wildman–Crippen MR) is 113 cm³/mol. The maximum atomic E-state index is 9.75. The molecule has 2 aromatic carbocycles. The van der Waals surface area contributed by atoms with E-state index in [1.165, 1.54) is 31.2 Å². The van der Waals surface area contributed by atoms with Crippen LogP contribution in [0.5, 0.6) is 11.5 Å². The molecular weight excluding hydrogens is 336 g/mol. The van der Waals surface area contributed by atoms with Gasteiger partial charge in [0.05, 0.1) is 0 Å². The molecule has 0 radical (unpaired) electrons. The average molecular weight is 371 g/mol. The summed E-state index contributed by atoms with van der Waals surface area (Å²) in [6, 6.07) is 14.1. The van der Waals surface area contributed by atoms with Crippen LogP contribution in [0.1, 0.15) is 42.4 Å². The van der Waals surface area contributed by atoms with Gasteiger partial charge >= 0.3 is 0 Å². The first-order valence-electron chi connectivity index (χ1n) is 10.1. The van der Waals surface area contributed by atoms with Gasteiger partial charge in [-0.05, 0) is 81.5 Å². The average Bonchev–Trinajstić information content (AvgIpc) is 2.69. The molecule has 4 heteroatoms. The number of phenolic OH excluding ortho intramolecular Hbond substituents is 2. The van der Waals surface area contributed by atoms with E-state index in [-0.39, 0.29) is 11.5 Å². The molecule has 0 aliphatic carbocycles. The summed E-state index contributed by atoms with van der Waals surface area (Å²) in [5.74, 6) is -0.0383. The molecule has 0 saturated heterocycles. The zero-order valence-corrected chi connectivity index (χ0v) is 16.5. The highest BCUT2D eigenvalue weighted by Gasteiger charge is 2.07. The Morgan fingerprint density at radius 2 is 1.33 bits per heavy atom. The van der Waals surface area contributed by atoms with E-state index in [0.29, 0.717) is 0 Å². The maximum Gasteiger partial charge on any atom is 0.160 e. The smallest absolute Gasteiger partial charge is 0.160 e. The number of phenols is 2. The highest BCUT2D eigenvalue weighted by atomic mass is 16.3. The molecule has 0 fully saturated rings. The fourth-order valence-electron chi connectivity index (χ4n) is 3.20. The van der Waals surface area contributed by atoms with Crippen LogP contribution in [-0.2, 0) is 12.8 Å². The van der Waals surface area contributed by atoms with Gasteiger partial charge in [0, 0.05) is 0 Å². The molecular formula is C23H34N2O2. The standard InChI is InChI=1S/C23H34N2O2/c1-19-21(11-12-22(26)23(19)27)14-18-25-16-8-3-2-7-15-24-17-13-20-9-5-4-6-10-20/h4-6,9-12,24-27H,2-3,7-8,13-18H2,1H3. The van der Waals surface area contributed by atoms with Crippen molar-refractivity contribution in [2.45, 2.75) is 45.4 Å². The quantitative estimate of drug-likeness (QED) is 0.319. The Balaban J connectivity index is 1.40. The lowest BCUT2D eigenvalue weighted by Crippen LogP contribution is -2.19. The fourth-order valence-corrected chi connectivity index (χ4v) is 3.20. The number of nitrogens with one attached hydrogen (secondary N) is 2. The third-order valence-corrected chi connectivity index (χ3v) is 4.98. The number of unbranched alkanes of at least 4 members (excludes halogenated alkanes) is 3. The van der Waals surface area contributed by atoms with Gasteiger partial charge in [0.15, 0.2) is 11.5 Å². The Hall–Kier alpha value is -2.04. The summed E-state index contributed by atoms with van der Waals surface area (Å²) < 4.78 is 0. The van der Waals surface area contributed by atoms with Gasteiger partial charge in [-0.2, -0.15) is 0 Å². The summed E-state index contributed by atoms with van der Waals surface area (Å²) in [5.41, 5.74) is 3.25. The normalized spacial score (nSPS) is 11.0. The molecule has 27 heavy (non-hydrogen) atoms. The van der Waals surface area contributed by atoms with Crippen LogP contribution in [-0.4, -0.2) is 36.4 Å². The Labute approximate surface area is 163 Å². The molecule has 0 heterocycles. The van der Waals surface area contributed by atoms with E-state index in [2.05, 4.69) is 41.0 Å². The van der Waals surface area contributed by atoms with E-state index in [1.54, 1.807) is 6.07 Å². The van der Waals surface area contributed by atoms with E-state index >= 15 is 0 Å². The minimum atomic E-state index is -0.0428. The molecule has 0 spiro atoms. The third kappa shape index (κ3) is 8.02. The molecule has 0 unspecified atom stereocenters. The van der Waals surface area contributed by atoms with Crippen LogP contribution in [0, 0.1) is 6.92 Å². The first-order valence-corrected chi connectivity index (χ1v) is 10.1. The Morgan fingerprint density at radius 1 is 0.704 bits per heavy atom. The van der Waals surface area contributed by atoms with Crippen molar-refractivity contribution in [2.75, 3.05) is 26.2 Å². The molecule has 4 N–H and O–H groups in total. The number of hydrogen-bond acceptors (Lipinski definition) is 4. The SMILES string of the molecule is Cc1c(CCNCCCCCCNCCc2ccccc2)ccc(O)c1O. The second kappa shape index (κ2) is 12.4. The van der Waals surface area contributed by atoms with Gasteiger partial charge in [-0.25, -0.2) is 0 Å². The molecule has 0 amide bonds. The molecule has 0 bridgehead atoms. The van der Waals surface area contributed by atoms with Crippen LogP contribution >= 0.6 is 0 Å². The summed E-state index contributed by atoms with van der Waals surface area (Å²) in [7, 11) is 0. The molecule has 0 atom stereocenters. The fraction of sp³-hybridized carbons (Fsp3) is 0.478. The van der Waals surface area contributed by atoms with Crippen molar-refractivity contribution >= 4 is 0 Å². The van der Waals surface area contributed by atoms with Gasteiger partial charge in [-0.15, -0.1) is 0 Å². The number of benzene rings is 2. The zero-order chi connectivity index (χ0) is 19.3. The van der Waals surface area contributed by atoms with Gasteiger partial charge in [-0.1, -0.05) is 49.2 Å². The molecule has 148 valence electrons. The molecule has 0 aromatic heterocycles. The van der Waals surface area contributed by atoms with E-state index in [1.807, 2.05) is 13.0 Å². The Morgan fingerprint density at radius 3 is 2.00 bits per heavy atom. The van der Waals surface area contributed by atoms with Gasteiger partial charge < -0.3 is 20.8 Å². The van der Waals surface area contributed by atoms with Crippen molar-refractivity contribution in [2.24, 2.45) is 0 Å². The van der Waals surface area contributed by atoms with Crippen LogP contribution in [0.15, 0.2) is 42.5 Å². The first-order chi connectivity index (χ1) is 13.2. The summed E-state index contributed by atoms with van der Waals surface area (Å²) in [6.45, 7) is 5.93. The Kier molecular flexibility index (Phi) is 9.74. The van der Waals surface area contributed by atoms with Crippen molar-refractivity contribution in [3.8, 4) is 11.5 Å². The summed E-state index contributed by atoms with van der Waals surface area (Å²) in [4.78, 5) is 0. The molecule has 2 rings (SSSR count). The maximum absolute atomic E-state index is 9.75. The Bertz CT molecular complexity index is 659. The van der Waals surface area contributed by atoms with Crippen molar-refractivity contribution < 1.29 is 10.2 Å².